The van der Waals surface area contributed by atoms with Gasteiger partial charge in [-0.2, -0.15) is 0 Å². The summed E-state index contributed by atoms with van der Waals surface area (Å²) in [5.41, 5.74) is 0. The molecule has 0 aliphatic carbocycles. The predicted octanol–water partition coefficient (Wildman–Crippen LogP) is 0.536. The van der Waals surface area contributed by atoms with Crippen LogP contribution in [0.3, 0.4) is 0 Å². The Kier molecular flexibility index (Phi) is 1.68. The third kappa shape index (κ3) is 1.06. The van der Waals surface area contributed by atoms with Gasteiger partial charge in [0.2, 0.25) is 0 Å². The van der Waals surface area contributed by atoms with Gasteiger partial charge < -0.3 is 0 Å². The van der Waals surface area contributed by atoms with Gasteiger partial charge in [0.1, 0.15) is 0 Å². The van der Waals surface area contributed by atoms with Gasteiger partial charge in [0.05, 0.1) is 4.71 Å². The van der Waals surface area contributed by atoms with E-state index in [-0.39, 0.29) is 0 Å². The van der Waals surface area contributed by atoms with Crippen molar-refractivity contribution in [3.8, 4) is 0 Å². The highest BCUT2D eigenvalue weighted by Gasteiger charge is 2.06. The molecule has 1 N–H and O–H groups in total. The average Bonchev–Trinajstić information content (AvgIpc) is 1.86. The monoisotopic (exact) mass is 121 g/mol. The zero-order valence-corrected chi connectivity index (χ0v) is 5.06. The Balaban J connectivity index is 2.18. The van der Waals surface area contributed by atoms with Gasteiger partial charge >= 0.3 is 0 Å². The third-order valence-electron chi connectivity index (χ3n) is 0.697. The summed E-state index contributed by atoms with van der Waals surface area (Å²) < 4.78 is 0.407. The summed E-state index contributed by atoms with van der Waals surface area (Å²) >= 11 is 5.99. The molecule has 0 bridgehead atoms. The van der Waals surface area contributed by atoms with E-state index in [2.05, 4.69) is 17.9 Å². The number of rotatable bonds is 0. The number of nitrogens with one attached hydrogen (secondary N) is 1. The van der Waals surface area contributed by atoms with Crippen molar-refractivity contribution < 1.29 is 0 Å². The van der Waals surface area contributed by atoms with Crippen LogP contribution in [0.15, 0.2) is 0 Å². The van der Waals surface area contributed by atoms with Crippen LogP contribution in [0, 0.1) is 0 Å². The first-order chi connectivity index (χ1) is 2.89. The van der Waals surface area contributed by atoms with Gasteiger partial charge in [0.15, 0.2) is 0 Å². The van der Waals surface area contributed by atoms with E-state index in [4.69, 9.17) is 0 Å². The lowest BCUT2D eigenvalue weighted by molar-refractivity contribution is 0.857. The molecule has 1 aliphatic heterocycles. The molecule has 0 aromatic heterocycles. The Hall–Kier alpha value is 0.660. The molecule has 0 saturated carbocycles. The lowest BCUT2D eigenvalue weighted by Gasteiger charge is -1.93. The van der Waals surface area contributed by atoms with E-state index in [0.717, 1.165) is 6.54 Å². The normalized spacial score (nSPS) is 34.5. The number of hydrogen-bond acceptors (Lipinski definition) is 3. The van der Waals surface area contributed by atoms with E-state index in [0.29, 0.717) is 4.71 Å². The van der Waals surface area contributed by atoms with E-state index in [1.165, 1.54) is 5.75 Å². The molecule has 1 heterocycles. The topological polar surface area (TPSA) is 12.0 Å². The van der Waals surface area contributed by atoms with Crippen molar-refractivity contribution in [3.05, 3.63) is 0 Å². The molecule has 0 amide bonds. The standard InChI is InChI=1S/C3H7NS2/c5-3-4-1-2-6-3/h3-5H,1-2H2/t3-/m1/s1. The fourth-order valence-electron chi connectivity index (χ4n) is 0.412. The number of thiol groups is 1. The van der Waals surface area contributed by atoms with Crippen molar-refractivity contribution in [2.75, 3.05) is 12.3 Å². The third-order valence-corrected chi connectivity index (χ3v) is 2.25. The summed E-state index contributed by atoms with van der Waals surface area (Å²) in [7, 11) is 0. The lowest BCUT2D eigenvalue weighted by Crippen LogP contribution is -2.12. The van der Waals surface area contributed by atoms with Crippen LogP contribution >= 0.6 is 24.4 Å². The van der Waals surface area contributed by atoms with Crippen molar-refractivity contribution in [2.45, 2.75) is 4.71 Å². The molecule has 1 atom stereocenters. The molecule has 36 valence electrons. The largest absolute Gasteiger partial charge is 0.296 e. The molecule has 3 heteroatoms. The minimum atomic E-state index is 0.407. The summed E-state index contributed by atoms with van der Waals surface area (Å²) in [5.74, 6) is 1.22. The van der Waals surface area contributed by atoms with Crippen LogP contribution in [0.2, 0.25) is 0 Å². The summed E-state index contributed by atoms with van der Waals surface area (Å²) in [5, 5.41) is 3.15. The van der Waals surface area contributed by atoms with Crippen LogP contribution in [0.1, 0.15) is 0 Å². The van der Waals surface area contributed by atoms with Crippen LogP contribution in [-0.4, -0.2) is 17.0 Å². The first-order valence-corrected chi connectivity index (χ1v) is 3.49. The summed E-state index contributed by atoms with van der Waals surface area (Å²) in [6, 6.07) is 0. The molecule has 1 aliphatic rings. The van der Waals surface area contributed by atoms with E-state index in [1.807, 2.05) is 11.8 Å². The Morgan fingerprint density at radius 3 is 2.83 bits per heavy atom. The quantitative estimate of drug-likeness (QED) is 0.454. The molecule has 1 saturated heterocycles. The number of thioether (sulfide) groups is 1. The summed E-state index contributed by atoms with van der Waals surface area (Å²) in [6.07, 6.45) is 0. The second kappa shape index (κ2) is 2.09. The van der Waals surface area contributed by atoms with Gasteiger partial charge in [0, 0.05) is 12.3 Å². The van der Waals surface area contributed by atoms with E-state index in [1.54, 1.807) is 0 Å². The SMILES string of the molecule is S[C@H]1NCCS1. The molecule has 1 fully saturated rings. The second-order valence-electron chi connectivity index (χ2n) is 1.18. The van der Waals surface area contributed by atoms with Crippen LogP contribution in [0.25, 0.3) is 0 Å². The number of hydrogen-bond donors (Lipinski definition) is 2. The summed E-state index contributed by atoms with van der Waals surface area (Å²) in [4.78, 5) is 0. The van der Waals surface area contributed by atoms with Crippen LogP contribution in [-0.2, 0) is 0 Å². The summed E-state index contributed by atoms with van der Waals surface area (Å²) in [6.45, 7) is 1.12. The van der Waals surface area contributed by atoms with Crippen molar-refractivity contribution in [1.82, 2.24) is 5.32 Å². The maximum absolute atomic E-state index is 4.14. The molecular formula is C3H7NS2. The van der Waals surface area contributed by atoms with Gasteiger partial charge in [-0.3, -0.25) is 5.32 Å². The maximum Gasteiger partial charge on any atom is 0.0973 e. The minimum Gasteiger partial charge on any atom is -0.296 e. The van der Waals surface area contributed by atoms with Crippen molar-refractivity contribution in [3.63, 3.8) is 0 Å². The molecule has 1 nitrogen and oxygen atoms in total. The van der Waals surface area contributed by atoms with Crippen LogP contribution in [0.4, 0.5) is 0 Å². The fraction of sp³-hybridized carbons (Fsp3) is 1.00. The highest BCUT2D eigenvalue weighted by atomic mass is 32.2. The first-order valence-electron chi connectivity index (χ1n) is 1.92. The average molecular weight is 121 g/mol. The molecule has 0 aromatic rings. The Morgan fingerprint density at radius 1 is 1.83 bits per heavy atom. The fourth-order valence-corrected chi connectivity index (χ4v) is 1.55. The van der Waals surface area contributed by atoms with Gasteiger partial charge in [-0.15, -0.1) is 24.4 Å². The van der Waals surface area contributed by atoms with E-state index < -0.39 is 0 Å². The Morgan fingerprint density at radius 2 is 2.67 bits per heavy atom. The van der Waals surface area contributed by atoms with Gasteiger partial charge in [0.25, 0.3) is 0 Å². The molecule has 0 aromatic carbocycles. The molecule has 1 rings (SSSR count). The zero-order valence-electron chi connectivity index (χ0n) is 3.35. The van der Waals surface area contributed by atoms with Crippen molar-refractivity contribution >= 4 is 24.4 Å². The van der Waals surface area contributed by atoms with Crippen molar-refractivity contribution in [1.29, 1.82) is 0 Å². The van der Waals surface area contributed by atoms with Crippen molar-refractivity contribution in [2.24, 2.45) is 0 Å². The Labute approximate surface area is 47.3 Å². The maximum atomic E-state index is 4.14. The molecule has 0 radical (unpaired) electrons. The molecule has 0 spiro atoms. The van der Waals surface area contributed by atoms with Gasteiger partial charge in [-0.25, -0.2) is 0 Å². The molecular weight excluding hydrogens is 114 g/mol. The minimum absolute atomic E-state index is 0.407. The highest BCUT2D eigenvalue weighted by Crippen LogP contribution is 2.15. The van der Waals surface area contributed by atoms with Gasteiger partial charge in [-0.05, 0) is 0 Å². The highest BCUT2D eigenvalue weighted by molar-refractivity contribution is 8.10. The van der Waals surface area contributed by atoms with E-state index >= 15 is 0 Å². The molecule has 0 unspecified atom stereocenters. The van der Waals surface area contributed by atoms with Gasteiger partial charge in [-0.1, -0.05) is 0 Å². The first kappa shape index (κ1) is 4.81. The smallest absolute Gasteiger partial charge is 0.0973 e. The predicted molar refractivity (Wildman–Crippen MR) is 33.2 cm³/mol. The molecule has 6 heavy (non-hydrogen) atoms. The van der Waals surface area contributed by atoms with Crippen LogP contribution < -0.4 is 5.32 Å². The lowest BCUT2D eigenvalue weighted by atomic mass is 10.8. The van der Waals surface area contributed by atoms with Crippen LogP contribution in [0.5, 0.6) is 0 Å². The van der Waals surface area contributed by atoms with E-state index in [9.17, 15) is 0 Å². The Bertz CT molecular complexity index is 42.1. The zero-order chi connectivity index (χ0) is 4.41. The second-order valence-corrected chi connectivity index (χ2v) is 3.26.